The summed E-state index contributed by atoms with van der Waals surface area (Å²) in [7, 11) is 2.16. The van der Waals surface area contributed by atoms with Crippen LogP contribution in [0.4, 0.5) is 0 Å². The summed E-state index contributed by atoms with van der Waals surface area (Å²) in [5, 5.41) is 6.37. The van der Waals surface area contributed by atoms with Gasteiger partial charge in [-0.25, -0.2) is 0 Å². The van der Waals surface area contributed by atoms with E-state index in [1.807, 2.05) is 0 Å². The summed E-state index contributed by atoms with van der Waals surface area (Å²) in [5.41, 5.74) is 0. The first-order valence-electron chi connectivity index (χ1n) is 6.35. The first-order chi connectivity index (χ1) is 7.65. The Morgan fingerprint density at radius 2 is 2.25 bits per heavy atom. The SMILES string of the molecule is CC1CC(NC(=O)CC2CNC2)CCN1C. The van der Waals surface area contributed by atoms with Crippen LogP contribution in [0.25, 0.3) is 0 Å². The van der Waals surface area contributed by atoms with Crippen LogP contribution < -0.4 is 10.6 Å². The Kier molecular flexibility index (Phi) is 3.82. The maximum atomic E-state index is 11.8. The molecule has 0 spiro atoms. The second-order valence-electron chi connectivity index (χ2n) is 5.35. The largest absolute Gasteiger partial charge is 0.353 e. The Labute approximate surface area is 97.8 Å². The van der Waals surface area contributed by atoms with Gasteiger partial charge < -0.3 is 15.5 Å². The molecule has 1 amide bonds. The van der Waals surface area contributed by atoms with Crippen LogP contribution in [0.1, 0.15) is 26.2 Å². The van der Waals surface area contributed by atoms with Crippen LogP contribution in [0.3, 0.4) is 0 Å². The molecule has 0 aromatic carbocycles. The van der Waals surface area contributed by atoms with Crippen molar-refractivity contribution in [1.29, 1.82) is 0 Å². The molecule has 92 valence electrons. The highest BCUT2D eigenvalue weighted by Crippen LogP contribution is 2.16. The summed E-state index contributed by atoms with van der Waals surface area (Å²) in [6.07, 6.45) is 2.88. The number of rotatable bonds is 3. The number of hydrogen-bond donors (Lipinski definition) is 2. The van der Waals surface area contributed by atoms with Crippen LogP contribution in [0.2, 0.25) is 0 Å². The molecule has 0 bridgehead atoms. The van der Waals surface area contributed by atoms with E-state index >= 15 is 0 Å². The molecule has 2 atom stereocenters. The van der Waals surface area contributed by atoms with Gasteiger partial charge >= 0.3 is 0 Å². The molecule has 4 nitrogen and oxygen atoms in total. The third-order valence-corrected chi connectivity index (χ3v) is 3.91. The van der Waals surface area contributed by atoms with E-state index in [9.17, 15) is 4.79 Å². The van der Waals surface area contributed by atoms with Crippen LogP contribution in [-0.4, -0.2) is 49.6 Å². The summed E-state index contributed by atoms with van der Waals surface area (Å²) in [6.45, 7) is 5.35. The minimum atomic E-state index is 0.244. The van der Waals surface area contributed by atoms with Crippen molar-refractivity contribution in [3.63, 3.8) is 0 Å². The summed E-state index contributed by atoms with van der Waals surface area (Å²) >= 11 is 0. The van der Waals surface area contributed by atoms with Gasteiger partial charge in [0.25, 0.3) is 0 Å². The monoisotopic (exact) mass is 225 g/mol. The van der Waals surface area contributed by atoms with Gasteiger partial charge in [-0.05, 0) is 45.8 Å². The van der Waals surface area contributed by atoms with E-state index in [4.69, 9.17) is 0 Å². The zero-order chi connectivity index (χ0) is 11.5. The van der Waals surface area contributed by atoms with E-state index in [1.54, 1.807) is 0 Å². The number of carbonyl (C=O) groups excluding carboxylic acids is 1. The van der Waals surface area contributed by atoms with Crippen molar-refractivity contribution in [2.75, 3.05) is 26.7 Å². The molecule has 0 aliphatic carbocycles. The van der Waals surface area contributed by atoms with Crippen molar-refractivity contribution in [2.24, 2.45) is 5.92 Å². The number of nitrogens with one attached hydrogen (secondary N) is 2. The van der Waals surface area contributed by atoms with Gasteiger partial charge in [-0.2, -0.15) is 0 Å². The fourth-order valence-corrected chi connectivity index (χ4v) is 2.46. The van der Waals surface area contributed by atoms with E-state index in [0.29, 0.717) is 24.4 Å². The predicted octanol–water partition coefficient (Wildman–Crippen LogP) is 0.195. The molecule has 0 aromatic heterocycles. The molecule has 2 N–H and O–H groups in total. The first-order valence-corrected chi connectivity index (χ1v) is 6.35. The molecule has 2 rings (SSSR count). The van der Waals surface area contributed by atoms with Gasteiger partial charge in [-0.15, -0.1) is 0 Å². The Morgan fingerprint density at radius 1 is 1.50 bits per heavy atom. The first kappa shape index (κ1) is 11.9. The maximum Gasteiger partial charge on any atom is 0.220 e. The van der Waals surface area contributed by atoms with Crippen molar-refractivity contribution < 1.29 is 4.79 Å². The van der Waals surface area contributed by atoms with Crippen molar-refractivity contribution in [3.05, 3.63) is 0 Å². The maximum absolute atomic E-state index is 11.8. The summed E-state index contributed by atoms with van der Waals surface area (Å²) in [6, 6.07) is 0.983. The van der Waals surface area contributed by atoms with Crippen molar-refractivity contribution in [3.8, 4) is 0 Å². The second-order valence-corrected chi connectivity index (χ2v) is 5.35. The fraction of sp³-hybridized carbons (Fsp3) is 0.917. The average Bonchev–Trinajstić information content (AvgIpc) is 2.18. The molecule has 2 heterocycles. The molecule has 0 aromatic rings. The van der Waals surface area contributed by atoms with E-state index in [1.165, 1.54) is 0 Å². The lowest BCUT2D eigenvalue weighted by Crippen LogP contribution is -2.49. The molecule has 0 saturated carbocycles. The predicted molar refractivity (Wildman–Crippen MR) is 64.2 cm³/mol. The molecule has 2 unspecified atom stereocenters. The number of carbonyl (C=O) groups is 1. The van der Waals surface area contributed by atoms with Gasteiger partial charge in [-0.3, -0.25) is 4.79 Å². The van der Waals surface area contributed by atoms with Crippen molar-refractivity contribution in [2.45, 2.75) is 38.3 Å². The highest BCUT2D eigenvalue weighted by Gasteiger charge is 2.25. The van der Waals surface area contributed by atoms with Gasteiger partial charge in [0.1, 0.15) is 0 Å². The lowest BCUT2D eigenvalue weighted by Gasteiger charge is -2.36. The second kappa shape index (κ2) is 5.15. The molecule has 2 saturated heterocycles. The van der Waals surface area contributed by atoms with Crippen LogP contribution >= 0.6 is 0 Å². The van der Waals surface area contributed by atoms with Crippen LogP contribution in [0, 0.1) is 5.92 Å². The Hall–Kier alpha value is -0.610. The van der Waals surface area contributed by atoms with E-state index in [-0.39, 0.29) is 5.91 Å². The minimum absolute atomic E-state index is 0.244. The number of nitrogens with zero attached hydrogens (tertiary/aromatic N) is 1. The Bertz CT molecular complexity index is 253. The van der Waals surface area contributed by atoms with Gasteiger partial charge in [0, 0.05) is 25.0 Å². The highest BCUT2D eigenvalue weighted by molar-refractivity contribution is 5.76. The van der Waals surface area contributed by atoms with Gasteiger partial charge in [0.05, 0.1) is 0 Å². The van der Waals surface area contributed by atoms with Gasteiger partial charge in [0.15, 0.2) is 0 Å². The Balaban J connectivity index is 1.70. The van der Waals surface area contributed by atoms with Crippen LogP contribution in [0.5, 0.6) is 0 Å². The molecule has 2 aliphatic heterocycles. The normalized spacial score (nSPS) is 32.1. The summed E-state index contributed by atoms with van der Waals surface area (Å²) < 4.78 is 0. The smallest absolute Gasteiger partial charge is 0.220 e. The summed E-state index contributed by atoms with van der Waals surface area (Å²) in [5.74, 6) is 0.817. The molecular formula is C12H23N3O. The molecule has 0 radical (unpaired) electrons. The van der Waals surface area contributed by atoms with Crippen molar-refractivity contribution in [1.82, 2.24) is 15.5 Å². The quantitative estimate of drug-likeness (QED) is 0.721. The lowest BCUT2D eigenvalue weighted by molar-refractivity contribution is -0.123. The molecular weight excluding hydrogens is 202 g/mol. The molecule has 2 aliphatic rings. The third kappa shape index (κ3) is 2.95. The average molecular weight is 225 g/mol. The Morgan fingerprint density at radius 3 is 2.81 bits per heavy atom. The summed E-state index contributed by atoms with van der Waals surface area (Å²) in [4.78, 5) is 14.1. The molecule has 2 fully saturated rings. The third-order valence-electron chi connectivity index (χ3n) is 3.91. The number of likely N-dealkylation sites (tertiary alicyclic amines) is 1. The van der Waals surface area contributed by atoms with Gasteiger partial charge in [0.2, 0.25) is 5.91 Å². The molecule has 16 heavy (non-hydrogen) atoms. The fourth-order valence-electron chi connectivity index (χ4n) is 2.46. The lowest BCUT2D eigenvalue weighted by atomic mass is 9.96. The molecule has 4 heteroatoms. The van der Waals surface area contributed by atoms with E-state index < -0.39 is 0 Å². The zero-order valence-corrected chi connectivity index (χ0v) is 10.3. The standard InChI is InChI=1S/C12H23N3O/c1-9-5-11(3-4-15(9)2)14-12(16)6-10-7-13-8-10/h9-11,13H,3-8H2,1-2H3,(H,14,16). The van der Waals surface area contributed by atoms with Gasteiger partial charge in [-0.1, -0.05) is 0 Å². The number of amides is 1. The van der Waals surface area contributed by atoms with Crippen molar-refractivity contribution >= 4 is 5.91 Å². The minimum Gasteiger partial charge on any atom is -0.353 e. The van der Waals surface area contributed by atoms with Crippen LogP contribution in [0.15, 0.2) is 0 Å². The number of hydrogen-bond acceptors (Lipinski definition) is 3. The zero-order valence-electron chi connectivity index (χ0n) is 10.3. The van der Waals surface area contributed by atoms with E-state index in [0.717, 1.165) is 32.5 Å². The topological polar surface area (TPSA) is 44.4 Å². The van der Waals surface area contributed by atoms with Crippen LogP contribution in [-0.2, 0) is 4.79 Å². The van der Waals surface area contributed by atoms with E-state index in [2.05, 4.69) is 29.5 Å². The number of piperidine rings is 1. The highest BCUT2D eigenvalue weighted by atomic mass is 16.1.